The Morgan fingerprint density at radius 1 is 0.556 bits per heavy atom. The molecular formula is C37H40O8. The zero-order chi connectivity index (χ0) is 31.1. The predicted octanol–water partition coefficient (Wildman–Crippen LogP) is 5.87. The molecule has 0 spiro atoms. The van der Waals surface area contributed by atoms with Crippen LogP contribution in [-0.2, 0) is 64.4 Å². The third kappa shape index (κ3) is 10.1. The molecule has 1 saturated heterocycles. The molecule has 8 nitrogen and oxygen atoms in total. The Balaban J connectivity index is 1.43. The van der Waals surface area contributed by atoms with E-state index in [9.17, 15) is 4.79 Å². The van der Waals surface area contributed by atoms with Crippen LogP contribution in [-0.4, -0.2) is 57.0 Å². The highest BCUT2D eigenvalue weighted by molar-refractivity contribution is 5.70. The third-order valence-electron chi connectivity index (χ3n) is 7.43. The maximum atomic E-state index is 12.1. The Morgan fingerprint density at radius 3 is 1.44 bits per heavy atom. The lowest BCUT2D eigenvalue weighted by Crippen LogP contribution is -2.62. The first-order valence-corrected chi connectivity index (χ1v) is 15.1. The van der Waals surface area contributed by atoms with Crippen LogP contribution >= 0.6 is 0 Å². The topological polar surface area (TPSA) is 81.7 Å². The van der Waals surface area contributed by atoms with E-state index in [1.54, 1.807) is 0 Å². The minimum absolute atomic E-state index is 0.197. The number of hydrogen-bond acceptors (Lipinski definition) is 8. The van der Waals surface area contributed by atoms with E-state index in [0.29, 0.717) is 19.8 Å². The van der Waals surface area contributed by atoms with Crippen LogP contribution in [0.5, 0.6) is 0 Å². The zero-order valence-electron chi connectivity index (χ0n) is 25.4. The van der Waals surface area contributed by atoms with Crippen molar-refractivity contribution in [2.24, 2.45) is 0 Å². The average molecular weight is 613 g/mol. The third-order valence-corrected chi connectivity index (χ3v) is 7.43. The first-order valence-electron chi connectivity index (χ1n) is 15.1. The van der Waals surface area contributed by atoms with Crippen LogP contribution in [0.4, 0.5) is 0 Å². The van der Waals surface area contributed by atoms with Crippen molar-refractivity contribution in [3.05, 3.63) is 144 Å². The van der Waals surface area contributed by atoms with Crippen molar-refractivity contribution in [2.75, 3.05) is 20.3 Å². The SMILES string of the molecule is COC(=O)CO[C@@H]1OC(COCc2ccccc2)[C@H](OCc2ccccc2)C(OCc2ccccc2)C1OCc1ccccc1. The van der Waals surface area contributed by atoms with Crippen molar-refractivity contribution in [1.82, 2.24) is 0 Å². The highest BCUT2D eigenvalue weighted by Crippen LogP contribution is 2.31. The molecule has 1 aliphatic heterocycles. The van der Waals surface area contributed by atoms with Crippen LogP contribution in [0.2, 0.25) is 0 Å². The van der Waals surface area contributed by atoms with Gasteiger partial charge in [-0.05, 0) is 22.3 Å². The molecule has 4 aromatic rings. The molecule has 5 atom stereocenters. The molecule has 8 heteroatoms. The summed E-state index contributed by atoms with van der Waals surface area (Å²) in [5.41, 5.74) is 4.02. The molecule has 3 unspecified atom stereocenters. The molecular weight excluding hydrogens is 572 g/mol. The molecule has 45 heavy (non-hydrogen) atoms. The van der Waals surface area contributed by atoms with Crippen LogP contribution < -0.4 is 0 Å². The average Bonchev–Trinajstić information content (AvgIpc) is 3.10. The highest BCUT2D eigenvalue weighted by atomic mass is 16.7. The molecule has 0 aliphatic carbocycles. The van der Waals surface area contributed by atoms with E-state index in [2.05, 4.69) is 0 Å². The molecule has 0 radical (unpaired) electrons. The first kappa shape index (κ1) is 32.5. The maximum Gasteiger partial charge on any atom is 0.331 e. The number of carbonyl (C=O) groups excluding carboxylic acids is 1. The van der Waals surface area contributed by atoms with E-state index in [4.69, 9.17) is 33.2 Å². The summed E-state index contributed by atoms with van der Waals surface area (Å²) in [7, 11) is 1.32. The van der Waals surface area contributed by atoms with Gasteiger partial charge in [-0.25, -0.2) is 4.79 Å². The Morgan fingerprint density at radius 2 is 0.978 bits per heavy atom. The molecule has 4 aromatic carbocycles. The normalized spacial score (nSPS) is 21.3. The van der Waals surface area contributed by atoms with Gasteiger partial charge in [0.1, 0.15) is 31.0 Å². The van der Waals surface area contributed by atoms with Gasteiger partial charge >= 0.3 is 5.97 Å². The van der Waals surface area contributed by atoms with Crippen LogP contribution in [0.3, 0.4) is 0 Å². The van der Waals surface area contributed by atoms with Crippen LogP contribution in [0.1, 0.15) is 22.3 Å². The second-order valence-electron chi connectivity index (χ2n) is 10.7. The van der Waals surface area contributed by atoms with Crippen molar-refractivity contribution >= 4 is 5.97 Å². The van der Waals surface area contributed by atoms with E-state index in [1.165, 1.54) is 7.11 Å². The number of carbonyl (C=O) groups is 1. The van der Waals surface area contributed by atoms with Crippen LogP contribution in [0.25, 0.3) is 0 Å². The fourth-order valence-electron chi connectivity index (χ4n) is 5.09. The molecule has 0 N–H and O–H groups in total. The summed E-state index contributed by atoms with van der Waals surface area (Å²) in [4.78, 5) is 12.1. The van der Waals surface area contributed by atoms with Gasteiger partial charge in [-0.3, -0.25) is 0 Å². The monoisotopic (exact) mass is 612 g/mol. The minimum atomic E-state index is -0.963. The molecule has 5 rings (SSSR count). The summed E-state index contributed by atoms with van der Waals surface area (Å²) in [6.45, 7) is 1.19. The number of rotatable bonds is 16. The smallest absolute Gasteiger partial charge is 0.331 e. The Labute approximate surface area is 264 Å². The zero-order valence-corrected chi connectivity index (χ0v) is 25.4. The molecule has 236 valence electrons. The highest BCUT2D eigenvalue weighted by Gasteiger charge is 2.49. The lowest BCUT2D eigenvalue weighted by atomic mass is 9.97. The Hall–Kier alpha value is -3.89. The second-order valence-corrected chi connectivity index (χ2v) is 10.7. The van der Waals surface area contributed by atoms with Gasteiger partial charge in [0.05, 0.1) is 40.1 Å². The molecule has 1 heterocycles. The summed E-state index contributed by atoms with van der Waals surface area (Å²) in [5.74, 6) is -0.526. The van der Waals surface area contributed by atoms with Crippen molar-refractivity contribution in [3.8, 4) is 0 Å². The molecule has 0 bridgehead atoms. The van der Waals surface area contributed by atoms with E-state index < -0.39 is 36.7 Å². The van der Waals surface area contributed by atoms with Crippen molar-refractivity contribution in [2.45, 2.75) is 57.1 Å². The van der Waals surface area contributed by atoms with Gasteiger partial charge in [-0.2, -0.15) is 0 Å². The Bertz CT molecular complexity index is 1390. The largest absolute Gasteiger partial charge is 0.467 e. The summed E-state index contributed by atoms with van der Waals surface area (Å²) in [6.07, 6.45) is -3.54. The molecule has 0 aromatic heterocycles. The van der Waals surface area contributed by atoms with Gasteiger partial charge in [0.15, 0.2) is 6.29 Å². The lowest BCUT2D eigenvalue weighted by Gasteiger charge is -2.45. The number of ether oxygens (including phenoxy) is 7. The van der Waals surface area contributed by atoms with Crippen molar-refractivity contribution < 1.29 is 38.0 Å². The van der Waals surface area contributed by atoms with Crippen LogP contribution in [0, 0.1) is 0 Å². The van der Waals surface area contributed by atoms with E-state index >= 15 is 0 Å². The van der Waals surface area contributed by atoms with Gasteiger partial charge in [-0.15, -0.1) is 0 Å². The molecule has 1 fully saturated rings. The van der Waals surface area contributed by atoms with Gasteiger partial charge < -0.3 is 33.2 Å². The molecule has 0 saturated carbocycles. The number of hydrogen-bond donors (Lipinski definition) is 0. The fraction of sp³-hybridized carbons (Fsp3) is 0.324. The van der Waals surface area contributed by atoms with Crippen LogP contribution in [0.15, 0.2) is 121 Å². The minimum Gasteiger partial charge on any atom is -0.467 e. The lowest BCUT2D eigenvalue weighted by molar-refractivity contribution is -0.327. The summed E-state index contributed by atoms with van der Waals surface area (Å²) >= 11 is 0. The fourth-order valence-corrected chi connectivity index (χ4v) is 5.09. The Kier molecular flexibility index (Phi) is 12.7. The quantitative estimate of drug-likeness (QED) is 0.145. The predicted molar refractivity (Wildman–Crippen MR) is 168 cm³/mol. The van der Waals surface area contributed by atoms with Crippen molar-refractivity contribution in [3.63, 3.8) is 0 Å². The van der Waals surface area contributed by atoms with Gasteiger partial charge in [-0.1, -0.05) is 121 Å². The second kappa shape index (κ2) is 17.6. The number of methoxy groups -OCH3 is 1. The van der Waals surface area contributed by atoms with Gasteiger partial charge in [0, 0.05) is 0 Å². The number of benzene rings is 4. The van der Waals surface area contributed by atoms with Crippen molar-refractivity contribution in [1.29, 1.82) is 0 Å². The molecule has 1 aliphatic rings. The summed E-state index contributed by atoms with van der Waals surface area (Å²) < 4.78 is 43.3. The van der Waals surface area contributed by atoms with Gasteiger partial charge in [0.25, 0.3) is 0 Å². The first-order chi connectivity index (χ1) is 22.2. The summed E-state index contributed by atoms with van der Waals surface area (Å²) in [6, 6.07) is 39.6. The van der Waals surface area contributed by atoms with E-state index in [0.717, 1.165) is 22.3 Å². The summed E-state index contributed by atoms with van der Waals surface area (Å²) in [5, 5.41) is 0. The maximum absolute atomic E-state index is 12.1. The van der Waals surface area contributed by atoms with Gasteiger partial charge in [0.2, 0.25) is 0 Å². The molecule has 0 amide bonds. The standard InChI is InChI=1S/C37H40O8/c1-39-33(38)27-44-37-36(43-25-31-20-12-5-13-21-31)35(42-24-30-18-10-4-11-19-30)34(41-23-29-16-8-3-9-17-29)32(45-37)26-40-22-28-14-6-2-7-15-28/h2-21,32,34-37H,22-27H2,1H3/t32?,34-,35?,36?,37+/m0/s1. The van der Waals surface area contributed by atoms with E-state index in [-0.39, 0.29) is 19.8 Å². The van der Waals surface area contributed by atoms with E-state index in [1.807, 2.05) is 121 Å². The number of esters is 1.